The lowest BCUT2D eigenvalue weighted by Gasteiger charge is -2.22. The lowest BCUT2D eigenvalue weighted by atomic mass is 10.1. The second kappa shape index (κ2) is 5.81. The van der Waals surface area contributed by atoms with Crippen LogP contribution in [0.3, 0.4) is 0 Å². The monoisotopic (exact) mass is 279 g/mol. The highest BCUT2D eigenvalue weighted by Crippen LogP contribution is 2.33. The molecule has 0 bridgehead atoms. The zero-order valence-electron chi connectivity index (χ0n) is 11.2. The fourth-order valence-corrected chi connectivity index (χ4v) is 1.99. The van der Waals surface area contributed by atoms with Gasteiger partial charge in [-0.2, -0.15) is 0 Å². The summed E-state index contributed by atoms with van der Waals surface area (Å²) in [6.45, 7) is 1.76. The Balaban J connectivity index is 2.21. The maximum absolute atomic E-state index is 12.4. The Morgan fingerprint density at radius 3 is 2.40 bits per heavy atom. The van der Waals surface area contributed by atoms with Gasteiger partial charge in [0.15, 0.2) is 0 Å². The van der Waals surface area contributed by atoms with Crippen molar-refractivity contribution in [2.75, 3.05) is 13.2 Å². The molecule has 1 saturated carbocycles. The van der Waals surface area contributed by atoms with Gasteiger partial charge in [0.05, 0.1) is 6.61 Å². The van der Waals surface area contributed by atoms with E-state index in [1.54, 1.807) is 6.92 Å². The first-order chi connectivity index (χ1) is 9.54. The zero-order valence-corrected chi connectivity index (χ0v) is 11.2. The summed E-state index contributed by atoms with van der Waals surface area (Å²) >= 11 is 0. The van der Waals surface area contributed by atoms with Gasteiger partial charge in [0.1, 0.15) is 23.6 Å². The number of amides is 1. The van der Waals surface area contributed by atoms with Gasteiger partial charge in [-0.05, 0) is 31.9 Å². The van der Waals surface area contributed by atoms with Gasteiger partial charge in [-0.3, -0.25) is 9.59 Å². The van der Waals surface area contributed by atoms with E-state index in [1.807, 2.05) is 0 Å². The van der Waals surface area contributed by atoms with Gasteiger partial charge in [0, 0.05) is 6.04 Å². The zero-order chi connectivity index (χ0) is 14.7. The number of phenolic OH excluding ortho intramolecular Hbond substituents is 2. The van der Waals surface area contributed by atoms with Gasteiger partial charge in [0.2, 0.25) is 0 Å². The number of benzene rings is 1. The number of esters is 1. The fraction of sp³-hybridized carbons (Fsp3) is 0.429. The molecule has 1 aromatic carbocycles. The molecular formula is C14H17NO5. The Morgan fingerprint density at radius 1 is 1.30 bits per heavy atom. The van der Waals surface area contributed by atoms with Crippen LogP contribution in [0.2, 0.25) is 0 Å². The van der Waals surface area contributed by atoms with Crippen molar-refractivity contribution in [1.82, 2.24) is 4.90 Å². The van der Waals surface area contributed by atoms with Crippen LogP contribution < -0.4 is 0 Å². The van der Waals surface area contributed by atoms with Gasteiger partial charge < -0.3 is 19.8 Å². The van der Waals surface area contributed by atoms with Crippen LogP contribution in [0.15, 0.2) is 18.2 Å². The molecule has 0 saturated heterocycles. The molecule has 0 radical (unpaired) electrons. The number of phenols is 2. The number of rotatable bonds is 5. The second-order valence-corrected chi connectivity index (χ2v) is 4.64. The van der Waals surface area contributed by atoms with Crippen LogP contribution in [-0.4, -0.2) is 46.2 Å². The molecule has 6 nitrogen and oxygen atoms in total. The quantitative estimate of drug-likeness (QED) is 0.792. The van der Waals surface area contributed by atoms with Crippen LogP contribution in [0.1, 0.15) is 30.1 Å². The Morgan fingerprint density at radius 2 is 1.90 bits per heavy atom. The van der Waals surface area contributed by atoms with Crippen LogP contribution in [0, 0.1) is 0 Å². The van der Waals surface area contributed by atoms with Crippen molar-refractivity contribution in [2.24, 2.45) is 0 Å². The third-order valence-corrected chi connectivity index (χ3v) is 3.09. The number of carbonyl (C=O) groups is 2. The van der Waals surface area contributed by atoms with Gasteiger partial charge in [-0.1, -0.05) is 6.07 Å². The predicted molar refractivity (Wildman–Crippen MR) is 70.5 cm³/mol. The van der Waals surface area contributed by atoms with E-state index in [-0.39, 0.29) is 36.3 Å². The highest BCUT2D eigenvalue weighted by atomic mass is 16.5. The summed E-state index contributed by atoms with van der Waals surface area (Å²) in [5.41, 5.74) is -0.177. The molecule has 1 amide bonds. The number of carbonyl (C=O) groups excluding carboxylic acids is 2. The van der Waals surface area contributed by atoms with Crippen LogP contribution >= 0.6 is 0 Å². The first-order valence-corrected chi connectivity index (χ1v) is 6.52. The Hall–Kier alpha value is -2.24. The SMILES string of the molecule is CCOC(=O)CN(C(=O)c1c(O)cccc1O)C1CC1. The maximum Gasteiger partial charge on any atom is 0.325 e. The van der Waals surface area contributed by atoms with Crippen molar-refractivity contribution in [3.8, 4) is 11.5 Å². The molecule has 0 heterocycles. The molecule has 1 aromatic rings. The van der Waals surface area contributed by atoms with Crippen molar-refractivity contribution in [2.45, 2.75) is 25.8 Å². The molecule has 0 unspecified atom stereocenters. The highest BCUT2D eigenvalue weighted by molar-refractivity contribution is 6.01. The molecule has 1 fully saturated rings. The Kier molecular flexibility index (Phi) is 4.12. The van der Waals surface area contributed by atoms with E-state index in [0.29, 0.717) is 0 Å². The Bertz CT molecular complexity index is 504. The molecule has 0 atom stereocenters. The number of ether oxygens (including phenoxy) is 1. The van der Waals surface area contributed by atoms with Crippen LogP contribution in [0.25, 0.3) is 0 Å². The summed E-state index contributed by atoms with van der Waals surface area (Å²) in [7, 11) is 0. The average molecular weight is 279 g/mol. The van der Waals surface area contributed by atoms with E-state index in [9.17, 15) is 19.8 Å². The molecule has 0 spiro atoms. The summed E-state index contributed by atoms with van der Waals surface area (Å²) in [6.07, 6.45) is 1.61. The third-order valence-electron chi connectivity index (χ3n) is 3.09. The Labute approximate surface area is 116 Å². The third kappa shape index (κ3) is 3.01. The van der Waals surface area contributed by atoms with E-state index < -0.39 is 11.9 Å². The minimum atomic E-state index is -0.559. The molecule has 1 aliphatic carbocycles. The number of hydrogen-bond acceptors (Lipinski definition) is 5. The summed E-state index contributed by atoms with van der Waals surface area (Å²) in [5.74, 6) is -1.66. The van der Waals surface area contributed by atoms with E-state index in [0.717, 1.165) is 12.8 Å². The molecule has 2 rings (SSSR count). The molecule has 1 aliphatic rings. The molecule has 2 N–H and O–H groups in total. The van der Waals surface area contributed by atoms with Crippen molar-refractivity contribution in [3.63, 3.8) is 0 Å². The highest BCUT2D eigenvalue weighted by Gasteiger charge is 2.36. The van der Waals surface area contributed by atoms with Gasteiger partial charge in [-0.15, -0.1) is 0 Å². The van der Waals surface area contributed by atoms with Crippen LogP contribution in [-0.2, 0) is 9.53 Å². The summed E-state index contributed by atoms with van der Waals surface area (Å²) in [6, 6.07) is 4.05. The van der Waals surface area contributed by atoms with E-state index in [4.69, 9.17) is 4.74 Å². The molecular weight excluding hydrogens is 262 g/mol. The number of nitrogens with zero attached hydrogens (tertiary/aromatic N) is 1. The maximum atomic E-state index is 12.4. The average Bonchev–Trinajstić information content (AvgIpc) is 3.20. The van der Waals surface area contributed by atoms with E-state index >= 15 is 0 Å². The van der Waals surface area contributed by atoms with Crippen molar-refractivity contribution < 1.29 is 24.5 Å². The summed E-state index contributed by atoms with van der Waals surface area (Å²) in [5, 5.41) is 19.5. The minimum absolute atomic E-state index is 0.0362. The first-order valence-electron chi connectivity index (χ1n) is 6.52. The van der Waals surface area contributed by atoms with Gasteiger partial charge in [0.25, 0.3) is 5.91 Å². The van der Waals surface area contributed by atoms with Gasteiger partial charge >= 0.3 is 5.97 Å². The van der Waals surface area contributed by atoms with Crippen LogP contribution in [0.4, 0.5) is 0 Å². The van der Waals surface area contributed by atoms with Crippen molar-refractivity contribution in [3.05, 3.63) is 23.8 Å². The largest absolute Gasteiger partial charge is 0.507 e. The molecule has 108 valence electrons. The van der Waals surface area contributed by atoms with Crippen molar-refractivity contribution in [1.29, 1.82) is 0 Å². The number of aromatic hydroxyl groups is 2. The standard InChI is InChI=1S/C14H17NO5/c1-2-20-12(18)8-15(9-6-7-9)14(19)13-10(16)4-3-5-11(13)17/h3-5,9,16-17H,2,6-8H2,1H3. The lowest BCUT2D eigenvalue weighted by Crippen LogP contribution is -2.38. The normalized spacial score (nSPS) is 13.8. The number of hydrogen-bond donors (Lipinski definition) is 2. The first kappa shape index (κ1) is 14.2. The summed E-state index contributed by atoms with van der Waals surface area (Å²) < 4.78 is 4.84. The summed E-state index contributed by atoms with van der Waals surface area (Å²) in [4.78, 5) is 25.3. The minimum Gasteiger partial charge on any atom is -0.507 e. The second-order valence-electron chi connectivity index (χ2n) is 4.64. The smallest absolute Gasteiger partial charge is 0.325 e. The molecule has 6 heteroatoms. The van der Waals surface area contributed by atoms with Crippen LogP contribution in [0.5, 0.6) is 11.5 Å². The fourth-order valence-electron chi connectivity index (χ4n) is 1.99. The lowest BCUT2D eigenvalue weighted by molar-refractivity contribution is -0.144. The van der Waals surface area contributed by atoms with Gasteiger partial charge in [-0.25, -0.2) is 0 Å². The van der Waals surface area contributed by atoms with Crippen molar-refractivity contribution >= 4 is 11.9 Å². The topological polar surface area (TPSA) is 87.1 Å². The molecule has 20 heavy (non-hydrogen) atoms. The van der Waals surface area contributed by atoms with E-state index in [2.05, 4.69) is 0 Å². The predicted octanol–water partition coefficient (Wildman–Crippen LogP) is 1.27. The molecule has 0 aromatic heterocycles. The van der Waals surface area contributed by atoms with E-state index in [1.165, 1.54) is 23.1 Å². The molecule has 0 aliphatic heterocycles.